The number of carbonyl (C=O) groups is 2. The molecule has 1 atom stereocenters. The lowest BCUT2D eigenvalue weighted by Gasteiger charge is -2.33. The van der Waals surface area contributed by atoms with Gasteiger partial charge in [0.15, 0.2) is 12.7 Å². The van der Waals surface area contributed by atoms with E-state index in [2.05, 4.69) is 16.1 Å². The first-order valence-corrected chi connectivity index (χ1v) is 11.1. The predicted molar refractivity (Wildman–Crippen MR) is 122 cm³/mol. The van der Waals surface area contributed by atoms with Gasteiger partial charge < -0.3 is 20.1 Å². The van der Waals surface area contributed by atoms with Crippen molar-refractivity contribution in [3.8, 4) is 11.5 Å². The molecule has 0 radical (unpaired) electrons. The van der Waals surface area contributed by atoms with Crippen LogP contribution in [0.15, 0.2) is 42.5 Å². The molecule has 2 amide bonds. The highest BCUT2D eigenvalue weighted by Crippen LogP contribution is 2.31. The summed E-state index contributed by atoms with van der Waals surface area (Å²) in [6.07, 6.45) is 0.832. The van der Waals surface area contributed by atoms with Crippen LogP contribution >= 0.6 is 23.2 Å². The van der Waals surface area contributed by atoms with Crippen molar-refractivity contribution in [3.63, 3.8) is 0 Å². The molecular weight excluding hydrogens is 455 g/mol. The Labute approximate surface area is 196 Å². The number of amides is 2. The molecule has 4 rings (SSSR count). The Kier molecular flexibility index (Phi) is 7.24. The standard InChI is InChI=1S/C22H24Cl2N4O4/c23-14-1-4-17(5-2-14)31-13-21(29)27-28-9-7-16(8-10-28)26-22(30)20-12-25-18-11-15(24)3-6-19(18)32-20/h1-6,11,16,20,25H,7-10,12-13H2,(H,26,30)(H,27,29). The summed E-state index contributed by atoms with van der Waals surface area (Å²) in [5.41, 5.74) is 3.62. The zero-order valence-corrected chi connectivity index (χ0v) is 18.8. The molecule has 0 bridgehead atoms. The Balaban J connectivity index is 1.17. The minimum absolute atomic E-state index is 0.0242. The van der Waals surface area contributed by atoms with Crippen molar-refractivity contribution in [1.29, 1.82) is 0 Å². The van der Waals surface area contributed by atoms with Gasteiger partial charge in [0.2, 0.25) is 0 Å². The van der Waals surface area contributed by atoms with E-state index in [0.717, 1.165) is 18.5 Å². The lowest BCUT2D eigenvalue weighted by molar-refractivity contribution is -0.131. The van der Waals surface area contributed by atoms with E-state index in [1.807, 2.05) is 5.01 Å². The molecule has 2 aliphatic rings. The summed E-state index contributed by atoms with van der Waals surface area (Å²) in [6, 6.07) is 12.1. The zero-order chi connectivity index (χ0) is 22.5. The molecule has 2 aromatic rings. The number of anilines is 1. The van der Waals surface area contributed by atoms with E-state index in [9.17, 15) is 9.59 Å². The van der Waals surface area contributed by atoms with Crippen molar-refractivity contribution in [2.75, 3.05) is 31.6 Å². The summed E-state index contributed by atoms with van der Waals surface area (Å²) in [6.45, 7) is 1.55. The molecule has 3 N–H and O–H groups in total. The van der Waals surface area contributed by atoms with E-state index >= 15 is 0 Å². The number of halogens is 2. The molecule has 2 aliphatic heterocycles. The first-order valence-electron chi connectivity index (χ1n) is 10.4. The van der Waals surface area contributed by atoms with E-state index in [1.54, 1.807) is 42.5 Å². The van der Waals surface area contributed by atoms with Gasteiger partial charge in [-0.05, 0) is 55.3 Å². The maximum atomic E-state index is 12.6. The zero-order valence-electron chi connectivity index (χ0n) is 17.3. The van der Waals surface area contributed by atoms with Crippen LogP contribution in [0.2, 0.25) is 10.0 Å². The predicted octanol–water partition coefficient (Wildman–Crippen LogP) is 2.86. The minimum Gasteiger partial charge on any atom is -0.484 e. The van der Waals surface area contributed by atoms with Gasteiger partial charge in [-0.2, -0.15) is 0 Å². The number of rotatable bonds is 6. The topological polar surface area (TPSA) is 91.9 Å². The molecule has 170 valence electrons. The summed E-state index contributed by atoms with van der Waals surface area (Å²) in [4.78, 5) is 24.8. The van der Waals surface area contributed by atoms with E-state index in [4.69, 9.17) is 32.7 Å². The Morgan fingerprint density at radius 3 is 2.56 bits per heavy atom. The third-order valence-electron chi connectivity index (χ3n) is 5.29. The highest BCUT2D eigenvalue weighted by molar-refractivity contribution is 6.31. The molecule has 0 aliphatic carbocycles. The number of hydrazine groups is 1. The molecule has 1 fully saturated rings. The second-order valence-corrected chi connectivity index (χ2v) is 8.55. The molecule has 2 aromatic carbocycles. The van der Waals surface area contributed by atoms with Gasteiger partial charge in [0.1, 0.15) is 11.5 Å². The third-order valence-corrected chi connectivity index (χ3v) is 5.78. The SMILES string of the molecule is O=C(COc1ccc(Cl)cc1)NN1CCC(NC(=O)C2CNc3cc(Cl)ccc3O2)CC1. The van der Waals surface area contributed by atoms with Gasteiger partial charge in [-0.25, -0.2) is 5.01 Å². The van der Waals surface area contributed by atoms with Crippen LogP contribution in [-0.2, 0) is 9.59 Å². The summed E-state index contributed by atoms with van der Waals surface area (Å²) in [7, 11) is 0. The van der Waals surface area contributed by atoms with Gasteiger partial charge >= 0.3 is 0 Å². The number of nitrogens with one attached hydrogen (secondary N) is 3. The van der Waals surface area contributed by atoms with E-state index in [1.165, 1.54) is 0 Å². The molecule has 8 nitrogen and oxygen atoms in total. The average molecular weight is 479 g/mol. The quantitative estimate of drug-likeness (QED) is 0.591. The molecule has 2 heterocycles. The highest BCUT2D eigenvalue weighted by atomic mass is 35.5. The first-order chi connectivity index (χ1) is 15.5. The normalized spacial score (nSPS) is 18.6. The van der Waals surface area contributed by atoms with Gasteiger partial charge in [-0.15, -0.1) is 0 Å². The Morgan fingerprint density at radius 2 is 1.81 bits per heavy atom. The number of hydrogen-bond acceptors (Lipinski definition) is 6. The monoisotopic (exact) mass is 478 g/mol. The van der Waals surface area contributed by atoms with E-state index in [0.29, 0.717) is 41.2 Å². The molecule has 1 unspecified atom stereocenters. The van der Waals surface area contributed by atoms with Crippen molar-refractivity contribution < 1.29 is 19.1 Å². The molecule has 10 heteroatoms. The fourth-order valence-electron chi connectivity index (χ4n) is 3.61. The van der Waals surface area contributed by atoms with Crippen LogP contribution in [0.4, 0.5) is 5.69 Å². The van der Waals surface area contributed by atoms with Gasteiger partial charge in [0.25, 0.3) is 11.8 Å². The average Bonchev–Trinajstić information content (AvgIpc) is 2.79. The van der Waals surface area contributed by atoms with E-state index in [-0.39, 0.29) is 24.5 Å². The van der Waals surface area contributed by atoms with Crippen LogP contribution in [-0.4, -0.2) is 55.2 Å². The molecule has 32 heavy (non-hydrogen) atoms. The summed E-state index contributed by atoms with van der Waals surface area (Å²) < 4.78 is 11.3. The lowest BCUT2D eigenvalue weighted by atomic mass is 10.1. The smallest absolute Gasteiger partial charge is 0.272 e. The molecule has 0 saturated carbocycles. The van der Waals surface area contributed by atoms with Crippen molar-refractivity contribution in [1.82, 2.24) is 15.8 Å². The first kappa shape index (κ1) is 22.5. The fourth-order valence-corrected chi connectivity index (χ4v) is 3.90. The number of nitrogens with zero attached hydrogens (tertiary/aromatic N) is 1. The number of carbonyl (C=O) groups excluding carboxylic acids is 2. The number of hydrogen-bond donors (Lipinski definition) is 3. The Bertz CT molecular complexity index is 965. The van der Waals surface area contributed by atoms with Gasteiger partial charge in [-0.3, -0.25) is 15.0 Å². The lowest BCUT2D eigenvalue weighted by Crippen LogP contribution is -2.54. The molecule has 0 aromatic heterocycles. The Hall–Kier alpha value is -2.68. The largest absolute Gasteiger partial charge is 0.484 e. The van der Waals surface area contributed by atoms with Crippen molar-refractivity contribution >= 4 is 40.7 Å². The maximum absolute atomic E-state index is 12.6. The van der Waals surface area contributed by atoms with Crippen LogP contribution in [0, 0.1) is 0 Å². The fraction of sp³-hybridized carbons (Fsp3) is 0.364. The maximum Gasteiger partial charge on any atom is 0.272 e. The van der Waals surface area contributed by atoms with Crippen molar-refractivity contribution in [3.05, 3.63) is 52.5 Å². The highest BCUT2D eigenvalue weighted by Gasteiger charge is 2.29. The molecule has 1 saturated heterocycles. The Morgan fingerprint density at radius 1 is 1.09 bits per heavy atom. The summed E-state index contributed by atoms with van der Waals surface area (Å²) in [5.74, 6) is 0.801. The van der Waals surface area contributed by atoms with Crippen LogP contribution in [0.1, 0.15) is 12.8 Å². The second kappa shape index (κ2) is 10.3. The summed E-state index contributed by atoms with van der Waals surface area (Å²) in [5, 5.41) is 9.29. The number of benzene rings is 2. The van der Waals surface area contributed by atoms with Gasteiger partial charge in [0.05, 0.1) is 12.2 Å². The third kappa shape index (κ3) is 5.97. The molecular formula is C22H24Cl2N4O4. The van der Waals surface area contributed by atoms with Crippen LogP contribution in [0.25, 0.3) is 0 Å². The van der Waals surface area contributed by atoms with Crippen LogP contribution < -0.4 is 25.5 Å². The number of fused-ring (bicyclic) bond motifs is 1. The summed E-state index contributed by atoms with van der Waals surface area (Å²) >= 11 is 11.8. The van der Waals surface area contributed by atoms with E-state index < -0.39 is 6.10 Å². The van der Waals surface area contributed by atoms with Crippen molar-refractivity contribution in [2.45, 2.75) is 25.0 Å². The van der Waals surface area contributed by atoms with Gasteiger partial charge in [-0.1, -0.05) is 23.2 Å². The van der Waals surface area contributed by atoms with Crippen LogP contribution in [0.3, 0.4) is 0 Å². The van der Waals surface area contributed by atoms with Crippen molar-refractivity contribution in [2.24, 2.45) is 0 Å². The molecule has 0 spiro atoms. The number of piperidine rings is 1. The number of ether oxygens (including phenoxy) is 2. The minimum atomic E-state index is -0.605. The van der Waals surface area contributed by atoms with Crippen LogP contribution in [0.5, 0.6) is 11.5 Å². The van der Waals surface area contributed by atoms with Gasteiger partial charge in [0, 0.05) is 29.2 Å². The second-order valence-electron chi connectivity index (χ2n) is 7.68.